The normalized spacial score (nSPS) is 10.7. The van der Waals surface area contributed by atoms with E-state index < -0.39 is 17.0 Å². The highest BCUT2D eigenvalue weighted by atomic mass is 16.3. The molecule has 2 aromatic rings. The summed E-state index contributed by atoms with van der Waals surface area (Å²) >= 11 is 0. The lowest BCUT2D eigenvalue weighted by atomic mass is 10.2. The zero-order valence-electron chi connectivity index (χ0n) is 7.81. The molecule has 0 unspecified atom stereocenters. The van der Waals surface area contributed by atoms with Crippen molar-refractivity contribution in [1.82, 2.24) is 9.55 Å². The van der Waals surface area contributed by atoms with E-state index in [0.717, 1.165) is 16.7 Å². The first-order valence-electron chi connectivity index (χ1n) is 4.15. The Morgan fingerprint density at radius 1 is 1.20 bits per heavy atom. The quantitative estimate of drug-likeness (QED) is 0.515. The molecule has 1 aromatic carbocycles. The van der Waals surface area contributed by atoms with Gasteiger partial charge in [-0.25, -0.2) is 4.79 Å². The number of aromatic hydroxyl groups is 2. The van der Waals surface area contributed by atoms with Crippen molar-refractivity contribution in [2.45, 2.75) is 0 Å². The van der Waals surface area contributed by atoms with Gasteiger partial charge < -0.3 is 15.2 Å². The molecule has 0 amide bonds. The summed E-state index contributed by atoms with van der Waals surface area (Å²) in [5.74, 6) is -0.780. The number of nitrogens with zero attached hydrogens (tertiary/aromatic N) is 1. The zero-order chi connectivity index (χ0) is 11.2. The fourth-order valence-electron chi connectivity index (χ4n) is 1.33. The minimum Gasteiger partial charge on any atom is -0.504 e. The molecule has 0 radical (unpaired) electrons. The molecule has 78 valence electrons. The molecule has 1 heterocycles. The zero-order valence-corrected chi connectivity index (χ0v) is 7.81. The molecule has 0 atom stereocenters. The highest BCUT2D eigenvalue weighted by molar-refractivity contribution is 5.81. The van der Waals surface area contributed by atoms with Crippen LogP contribution in [0.2, 0.25) is 0 Å². The van der Waals surface area contributed by atoms with Crippen molar-refractivity contribution in [3.8, 4) is 11.5 Å². The number of aromatic amines is 1. The van der Waals surface area contributed by atoms with Crippen LogP contribution < -0.4 is 11.2 Å². The Hall–Kier alpha value is -2.24. The van der Waals surface area contributed by atoms with Gasteiger partial charge in [0, 0.05) is 13.1 Å². The number of H-pyrrole nitrogens is 1. The average Bonchev–Trinajstić information content (AvgIpc) is 2.19. The third-order valence-electron chi connectivity index (χ3n) is 2.20. The minimum atomic E-state index is -0.572. The highest BCUT2D eigenvalue weighted by Crippen LogP contribution is 2.26. The molecule has 0 bridgehead atoms. The fraction of sp³-hybridized carbons (Fsp3) is 0.111. The van der Waals surface area contributed by atoms with Gasteiger partial charge in [0.05, 0.1) is 10.9 Å². The summed E-state index contributed by atoms with van der Waals surface area (Å²) in [6.07, 6.45) is 0. The number of aromatic nitrogens is 2. The second kappa shape index (κ2) is 2.88. The molecule has 0 fully saturated rings. The molecule has 0 aliphatic heterocycles. The maximum Gasteiger partial charge on any atom is 0.328 e. The Morgan fingerprint density at radius 3 is 2.47 bits per heavy atom. The largest absolute Gasteiger partial charge is 0.504 e. The number of phenolic OH excluding ortho intramolecular Hbond substituents is 2. The number of hydrogen-bond acceptors (Lipinski definition) is 4. The van der Waals surface area contributed by atoms with E-state index in [2.05, 4.69) is 4.98 Å². The van der Waals surface area contributed by atoms with Gasteiger partial charge in [0.25, 0.3) is 5.56 Å². The average molecular weight is 208 g/mol. The van der Waals surface area contributed by atoms with Crippen LogP contribution in [0, 0.1) is 0 Å². The lowest BCUT2D eigenvalue weighted by Crippen LogP contribution is -2.32. The van der Waals surface area contributed by atoms with Crippen molar-refractivity contribution < 1.29 is 10.2 Å². The SMILES string of the molecule is Cn1c(=O)[nH]c2cc(O)c(O)cc2c1=O. The van der Waals surface area contributed by atoms with E-state index in [-0.39, 0.29) is 16.7 Å². The number of rotatable bonds is 0. The Bertz CT molecular complexity index is 653. The Kier molecular flexibility index (Phi) is 1.79. The van der Waals surface area contributed by atoms with E-state index in [1.807, 2.05) is 0 Å². The van der Waals surface area contributed by atoms with Crippen LogP contribution in [-0.4, -0.2) is 19.8 Å². The standard InChI is InChI=1S/C9H8N2O4/c1-11-8(14)4-2-6(12)7(13)3-5(4)10-9(11)15/h2-3,12-13H,1H3,(H,10,15). The highest BCUT2D eigenvalue weighted by Gasteiger charge is 2.08. The number of hydrogen-bond donors (Lipinski definition) is 3. The molecule has 6 nitrogen and oxygen atoms in total. The molecule has 1 aromatic heterocycles. The van der Waals surface area contributed by atoms with Crippen molar-refractivity contribution >= 4 is 10.9 Å². The summed E-state index contributed by atoms with van der Waals surface area (Å²) in [5, 5.41) is 18.5. The van der Waals surface area contributed by atoms with Gasteiger partial charge in [-0.05, 0) is 6.07 Å². The van der Waals surface area contributed by atoms with Crippen LogP contribution in [0.3, 0.4) is 0 Å². The van der Waals surface area contributed by atoms with Gasteiger partial charge >= 0.3 is 5.69 Å². The van der Waals surface area contributed by atoms with Gasteiger partial charge in [0.2, 0.25) is 0 Å². The molecule has 0 aliphatic rings. The first-order chi connectivity index (χ1) is 7.00. The van der Waals surface area contributed by atoms with Gasteiger partial charge in [-0.15, -0.1) is 0 Å². The molecule has 0 aliphatic carbocycles. The Labute approximate surface area is 83.0 Å². The van der Waals surface area contributed by atoms with Crippen LogP contribution in [0.25, 0.3) is 10.9 Å². The summed E-state index contributed by atoms with van der Waals surface area (Å²) in [6, 6.07) is 2.25. The summed E-state index contributed by atoms with van der Waals surface area (Å²) in [7, 11) is 1.32. The number of fused-ring (bicyclic) bond motifs is 1. The lowest BCUT2D eigenvalue weighted by molar-refractivity contribution is 0.404. The fourth-order valence-corrected chi connectivity index (χ4v) is 1.33. The number of nitrogens with one attached hydrogen (secondary N) is 1. The monoisotopic (exact) mass is 208 g/mol. The van der Waals surface area contributed by atoms with Gasteiger partial charge in [-0.1, -0.05) is 0 Å². The summed E-state index contributed by atoms with van der Waals surface area (Å²) in [5.41, 5.74) is -0.903. The van der Waals surface area contributed by atoms with E-state index in [1.165, 1.54) is 7.05 Å². The van der Waals surface area contributed by atoms with Crippen molar-refractivity contribution in [3.63, 3.8) is 0 Å². The van der Waals surface area contributed by atoms with Gasteiger partial charge in [0.15, 0.2) is 11.5 Å². The first-order valence-corrected chi connectivity index (χ1v) is 4.15. The molecular formula is C9H8N2O4. The molecule has 0 saturated carbocycles. The van der Waals surface area contributed by atoms with E-state index >= 15 is 0 Å². The smallest absolute Gasteiger partial charge is 0.328 e. The summed E-state index contributed by atoms with van der Waals surface area (Å²) in [4.78, 5) is 25.2. The van der Waals surface area contributed by atoms with Crippen molar-refractivity contribution in [3.05, 3.63) is 33.0 Å². The van der Waals surface area contributed by atoms with Gasteiger partial charge in [0.1, 0.15) is 0 Å². The van der Waals surface area contributed by atoms with E-state index in [4.69, 9.17) is 0 Å². The minimum absolute atomic E-state index is 0.146. The molecule has 15 heavy (non-hydrogen) atoms. The van der Waals surface area contributed by atoms with Gasteiger partial charge in [-0.3, -0.25) is 9.36 Å². The van der Waals surface area contributed by atoms with Crippen molar-refractivity contribution in [2.75, 3.05) is 0 Å². The maximum absolute atomic E-state index is 11.6. The first kappa shape index (κ1) is 9.32. The van der Waals surface area contributed by atoms with Gasteiger partial charge in [-0.2, -0.15) is 0 Å². The van der Waals surface area contributed by atoms with Crippen LogP contribution in [0.5, 0.6) is 11.5 Å². The third-order valence-corrected chi connectivity index (χ3v) is 2.20. The maximum atomic E-state index is 11.6. The molecule has 2 rings (SSSR count). The van der Waals surface area contributed by atoms with Crippen LogP contribution >= 0.6 is 0 Å². The van der Waals surface area contributed by atoms with Crippen LogP contribution in [0.4, 0.5) is 0 Å². The molecule has 0 spiro atoms. The molecule has 6 heteroatoms. The lowest BCUT2D eigenvalue weighted by Gasteiger charge is -2.02. The second-order valence-electron chi connectivity index (χ2n) is 3.18. The summed E-state index contributed by atoms with van der Waals surface area (Å²) < 4.78 is 0.888. The second-order valence-corrected chi connectivity index (χ2v) is 3.18. The molecule has 3 N–H and O–H groups in total. The Morgan fingerprint density at radius 2 is 1.80 bits per heavy atom. The predicted octanol–water partition coefficient (Wildman–Crippen LogP) is -0.362. The summed E-state index contributed by atoms with van der Waals surface area (Å²) in [6.45, 7) is 0. The van der Waals surface area contributed by atoms with E-state index in [1.54, 1.807) is 0 Å². The predicted molar refractivity (Wildman–Crippen MR) is 53.1 cm³/mol. The van der Waals surface area contributed by atoms with Crippen molar-refractivity contribution in [2.24, 2.45) is 7.05 Å². The van der Waals surface area contributed by atoms with Crippen LogP contribution in [0.15, 0.2) is 21.7 Å². The van der Waals surface area contributed by atoms with E-state index in [9.17, 15) is 19.8 Å². The number of benzene rings is 1. The number of phenols is 2. The molecule has 0 saturated heterocycles. The van der Waals surface area contributed by atoms with E-state index in [0.29, 0.717) is 0 Å². The van der Waals surface area contributed by atoms with Crippen LogP contribution in [-0.2, 0) is 7.05 Å². The van der Waals surface area contributed by atoms with Crippen molar-refractivity contribution in [1.29, 1.82) is 0 Å². The van der Waals surface area contributed by atoms with Crippen LogP contribution in [0.1, 0.15) is 0 Å². The molecular weight excluding hydrogens is 200 g/mol. The topological polar surface area (TPSA) is 95.3 Å². The third kappa shape index (κ3) is 1.26. The Balaban J connectivity index is 3.07.